The quantitative estimate of drug-likeness (QED) is 0.234. The maximum Gasteiger partial charge on any atom is 0.406 e. The maximum absolute atomic E-state index is 13.5. The van der Waals surface area contributed by atoms with Crippen LogP contribution in [0.4, 0.5) is 4.79 Å². The SMILES string of the molecule is CCc1ccccc1Oc1c(Cl)cccc1[C@](O)(CCCNC(=O)OC)[C@@H]1CCCN(C(=O)c2ccc(CN)cc2)C1. The predicted octanol–water partition coefficient (Wildman–Crippen LogP) is 6.03. The molecular weight excluding hydrogens is 554 g/mol. The summed E-state index contributed by atoms with van der Waals surface area (Å²) >= 11 is 6.74. The summed E-state index contributed by atoms with van der Waals surface area (Å²) in [7, 11) is 1.31. The number of carbonyl (C=O) groups excluding carboxylic acids is 2. The van der Waals surface area contributed by atoms with Crippen molar-refractivity contribution in [3.8, 4) is 11.5 Å². The van der Waals surface area contributed by atoms with E-state index >= 15 is 0 Å². The number of nitrogens with two attached hydrogens (primary N) is 1. The number of nitrogens with zero attached hydrogens (tertiary/aromatic N) is 1. The van der Waals surface area contributed by atoms with Gasteiger partial charge in [-0.15, -0.1) is 0 Å². The summed E-state index contributed by atoms with van der Waals surface area (Å²) in [5, 5.41) is 15.7. The van der Waals surface area contributed by atoms with Gasteiger partial charge in [-0.1, -0.05) is 61.0 Å². The minimum atomic E-state index is -1.40. The van der Waals surface area contributed by atoms with Gasteiger partial charge in [-0.05, 0) is 67.5 Å². The summed E-state index contributed by atoms with van der Waals surface area (Å²) in [6.07, 6.45) is 2.45. The molecule has 1 aliphatic rings. The molecule has 2 amide bonds. The summed E-state index contributed by atoms with van der Waals surface area (Å²) in [5.41, 5.74) is 7.45. The predicted molar refractivity (Wildman–Crippen MR) is 164 cm³/mol. The lowest BCUT2D eigenvalue weighted by molar-refractivity contribution is -0.0578. The number of aryl methyl sites for hydroxylation is 1. The Morgan fingerprint density at radius 1 is 1.12 bits per heavy atom. The fourth-order valence-electron chi connectivity index (χ4n) is 5.66. The van der Waals surface area contributed by atoms with Crippen LogP contribution in [0, 0.1) is 5.92 Å². The fraction of sp³-hybridized carbons (Fsp3) is 0.394. The molecule has 0 radical (unpaired) electrons. The number of hydrogen-bond donors (Lipinski definition) is 3. The number of para-hydroxylation sites is 2. The van der Waals surface area contributed by atoms with Crippen molar-refractivity contribution in [2.45, 2.75) is 51.2 Å². The lowest BCUT2D eigenvalue weighted by Crippen LogP contribution is -2.48. The summed E-state index contributed by atoms with van der Waals surface area (Å²) in [4.78, 5) is 27.0. The molecule has 9 heteroatoms. The van der Waals surface area contributed by atoms with E-state index in [0.717, 1.165) is 24.0 Å². The van der Waals surface area contributed by atoms with E-state index < -0.39 is 11.7 Å². The second kappa shape index (κ2) is 14.5. The van der Waals surface area contributed by atoms with Crippen LogP contribution in [0.2, 0.25) is 5.02 Å². The molecule has 8 nitrogen and oxygen atoms in total. The monoisotopic (exact) mass is 593 g/mol. The minimum absolute atomic E-state index is 0.0857. The first-order chi connectivity index (χ1) is 20.3. The van der Waals surface area contributed by atoms with Gasteiger partial charge in [0.2, 0.25) is 0 Å². The van der Waals surface area contributed by atoms with E-state index in [0.29, 0.717) is 73.1 Å². The third-order valence-corrected chi connectivity index (χ3v) is 8.31. The first-order valence-corrected chi connectivity index (χ1v) is 14.9. The van der Waals surface area contributed by atoms with Crippen LogP contribution in [0.15, 0.2) is 66.7 Å². The molecule has 42 heavy (non-hydrogen) atoms. The molecule has 1 fully saturated rings. The topological polar surface area (TPSA) is 114 Å². The molecule has 4 rings (SSSR count). The Bertz CT molecular complexity index is 1370. The number of methoxy groups -OCH3 is 1. The zero-order valence-corrected chi connectivity index (χ0v) is 25.0. The molecule has 1 heterocycles. The molecule has 0 bridgehead atoms. The Hall–Kier alpha value is -3.59. The van der Waals surface area contributed by atoms with E-state index in [9.17, 15) is 14.7 Å². The lowest BCUT2D eigenvalue weighted by Gasteiger charge is -2.43. The molecular formula is C33H40ClN3O5. The van der Waals surface area contributed by atoms with E-state index in [1.54, 1.807) is 29.2 Å². The number of benzene rings is 3. The van der Waals surface area contributed by atoms with E-state index in [2.05, 4.69) is 12.2 Å². The fourth-order valence-corrected chi connectivity index (χ4v) is 5.87. The van der Waals surface area contributed by atoms with Crippen LogP contribution in [0.3, 0.4) is 0 Å². The molecule has 3 aromatic rings. The van der Waals surface area contributed by atoms with Gasteiger partial charge < -0.3 is 30.5 Å². The molecule has 0 saturated carbocycles. The molecule has 0 aliphatic carbocycles. The van der Waals surface area contributed by atoms with Crippen LogP contribution in [0.25, 0.3) is 0 Å². The Morgan fingerprint density at radius 2 is 1.88 bits per heavy atom. The number of likely N-dealkylation sites (tertiary alicyclic amines) is 1. The number of alkyl carbamates (subject to hydrolysis) is 1. The highest BCUT2D eigenvalue weighted by molar-refractivity contribution is 6.32. The molecule has 0 spiro atoms. The third kappa shape index (κ3) is 7.24. The van der Waals surface area contributed by atoms with E-state index in [-0.39, 0.29) is 11.8 Å². The number of amides is 2. The molecule has 3 aromatic carbocycles. The van der Waals surface area contributed by atoms with Gasteiger partial charge in [0.25, 0.3) is 5.91 Å². The van der Waals surface area contributed by atoms with Gasteiger partial charge in [0.05, 0.1) is 17.7 Å². The highest BCUT2D eigenvalue weighted by atomic mass is 35.5. The van der Waals surface area contributed by atoms with Crippen LogP contribution in [0.1, 0.15) is 59.7 Å². The highest BCUT2D eigenvalue weighted by Crippen LogP contribution is 2.47. The first kappa shape index (κ1) is 31.3. The molecule has 1 saturated heterocycles. The minimum Gasteiger partial charge on any atom is -0.455 e. The van der Waals surface area contributed by atoms with Crippen molar-refractivity contribution in [2.75, 3.05) is 26.7 Å². The van der Waals surface area contributed by atoms with Gasteiger partial charge in [0, 0.05) is 43.2 Å². The Labute approximate surface area is 252 Å². The Morgan fingerprint density at radius 3 is 2.60 bits per heavy atom. The lowest BCUT2D eigenvalue weighted by atomic mass is 9.73. The number of piperidine rings is 1. The molecule has 224 valence electrons. The highest BCUT2D eigenvalue weighted by Gasteiger charge is 2.43. The summed E-state index contributed by atoms with van der Waals surface area (Å²) < 4.78 is 11.2. The van der Waals surface area contributed by atoms with Gasteiger partial charge in [-0.2, -0.15) is 0 Å². The number of nitrogens with one attached hydrogen (secondary N) is 1. The number of carbonyl (C=O) groups is 2. The number of ether oxygens (including phenoxy) is 2. The van der Waals surface area contributed by atoms with Crippen LogP contribution in [-0.4, -0.2) is 48.8 Å². The zero-order valence-electron chi connectivity index (χ0n) is 24.3. The molecule has 0 aromatic heterocycles. The van der Waals surface area contributed by atoms with Gasteiger partial charge in [-0.25, -0.2) is 4.79 Å². The van der Waals surface area contributed by atoms with Gasteiger partial charge >= 0.3 is 6.09 Å². The summed E-state index contributed by atoms with van der Waals surface area (Å²) in [6, 6.07) is 20.5. The zero-order chi connectivity index (χ0) is 30.1. The van der Waals surface area contributed by atoms with Gasteiger partial charge in [0.15, 0.2) is 5.75 Å². The second-order valence-electron chi connectivity index (χ2n) is 10.6. The number of hydrogen-bond acceptors (Lipinski definition) is 6. The second-order valence-corrected chi connectivity index (χ2v) is 11.0. The van der Waals surface area contributed by atoms with Crippen molar-refractivity contribution < 1.29 is 24.2 Å². The molecule has 4 N–H and O–H groups in total. The number of aliphatic hydroxyl groups is 1. The average molecular weight is 594 g/mol. The van der Waals surface area contributed by atoms with Crippen molar-refractivity contribution in [1.29, 1.82) is 0 Å². The third-order valence-electron chi connectivity index (χ3n) is 8.01. The van der Waals surface area contributed by atoms with Crippen molar-refractivity contribution in [3.63, 3.8) is 0 Å². The standard InChI is InChI=1S/C33H40ClN3O5/c1-3-24-9-4-5-13-29(24)42-30-27(11-6-12-28(30)34)33(40,18-8-19-36-32(39)41-2)26-10-7-20-37(22-26)31(38)25-16-14-23(21-35)15-17-25/h4-6,9,11-17,26,40H,3,7-8,10,18-22,35H2,1-2H3,(H,36,39)/t26-,33+/m1/s1. The number of rotatable bonds is 11. The van der Waals surface area contributed by atoms with Crippen LogP contribution >= 0.6 is 11.6 Å². The summed E-state index contributed by atoms with van der Waals surface area (Å²) in [5.74, 6) is 0.672. The maximum atomic E-state index is 13.5. The first-order valence-electron chi connectivity index (χ1n) is 14.5. The van der Waals surface area contributed by atoms with Crippen LogP contribution in [-0.2, 0) is 23.3 Å². The molecule has 1 aliphatic heterocycles. The van der Waals surface area contributed by atoms with Gasteiger partial charge in [0.1, 0.15) is 5.75 Å². The molecule has 0 unspecified atom stereocenters. The normalized spacial score (nSPS) is 16.4. The average Bonchev–Trinajstić information content (AvgIpc) is 3.03. The van der Waals surface area contributed by atoms with E-state index in [4.69, 9.17) is 26.8 Å². The van der Waals surface area contributed by atoms with Crippen LogP contribution in [0.5, 0.6) is 11.5 Å². The molecule has 2 atom stereocenters. The van der Waals surface area contributed by atoms with Crippen molar-refractivity contribution in [3.05, 3.63) is 94.0 Å². The van der Waals surface area contributed by atoms with E-state index in [1.807, 2.05) is 42.5 Å². The van der Waals surface area contributed by atoms with E-state index in [1.165, 1.54) is 7.11 Å². The Balaban J connectivity index is 1.68. The smallest absolute Gasteiger partial charge is 0.406 e. The number of halogens is 1. The van der Waals surface area contributed by atoms with Crippen molar-refractivity contribution in [1.82, 2.24) is 10.2 Å². The van der Waals surface area contributed by atoms with Crippen molar-refractivity contribution in [2.24, 2.45) is 11.7 Å². The van der Waals surface area contributed by atoms with Crippen molar-refractivity contribution >= 4 is 23.6 Å². The Kier molecular flexibility index (Phi) is 10.8. The summed E-state index contributed by atoms with van der Waals surface area (Å²) in [6.45, 7) is 3.72. The van der Waals surface area contributed by atoms with Gasteiger partial charge in [-0.3, -0.25) is 4.79 Å². The largest absolute Gasteiger partial charge is 0.455 e. The van der Waals surface area contributed by atoms with Crippen LogP contribution < -0.4 is 15.8 Å².